The predicted octanol–water partition coefficient (Wildman–Crippen LogP) is 9.38. The zero-order valence-corrected chi connectivity index (χ0v) is 45.3. The van der Waals surface area contributed by atoms with Gasteiger partial charge in [0.15, 0.2) is 18.7 Å². The lowest BCUT2D eigenvalue weighted by atomic mass is 9.98. The second kappa shape index (κ2) is 45.0. The summed E-state index contributed by atoms with van der Waals surface area (Å²) < 4.78 is 33.7. The van der Waals surface area contributed by atoms with E-state index in [9.17, 15) is 45.3 Å². The molecule has 0 spiro atoms. The van der Waals surface area contributed by atoms with E-state index >= 15 is 0 Å². The molecular formula is C59H100O15. The van der Waals surface area contributed by atoms with Gasteiger partial charge in [0.2, 0.25) is 0 Å². The topological polar surface area (TPSA) is 231 Å². The van der Waals surface area contributed by atoms with Gasteiger partial charge in [-0.1, -0.05) is 170 Å². The van der Waals surface area contributed by atoms with E-state index in [1.165, 1.54) is 51.4 Å². The summed E-state index contributed by atoms with van der Waals surface area (Å²) in [6.45, 7) is 2.44. The van der Waals surface area contributed by atoms with Gasteiger partial charge in [-0.15, -0.1) is 0 Å². The quantitative estimate of drug-likeness (QED) is 0.0171. The molecule has 2 aliphatic rings. The summed E-state index contributed by atoms with van der Waals surface area (Å²) in [5.41, 5.74) is 0. The molecule has 0 aromatic rings. The van der Waals surface area contributed by atoms with E-state index in [0.29, 0.717) is 12.8 Å². The van der Waals surface area contributed by atoms with Crippen LogP contribution in [0.1, 0.15) is 194 Å². The minimum atomic E-state index is -1.77. The Labute approximate surface area is 444 Å². The van der Waals surface area contributed by atoms with E-state index < -0.39 is 99.3 Å². The molecule has 0 aromatic heterocycles. The van der Waals surface area contributed by atoms with Gasteiger partial charge < -0.3 is 64.2 Å². The number of ether oxygens (including phenoxy) is 6. The van der Waals surface area contributed by atoms with Crippen LogP contribution in [-0.4, -0.2) is 142 Å². The van der Waals surface area contributed by atoms with E-state index in [4.69, 9.17) is 28.4 Å². The van der Waals surface area contributed by atoms with Crippen molar-refractivity contribution in [1.82, 2.24) is 0 Å². The van der Waals surface area contributed by atoms with Gasteiger partial charge in [0.25, 0.3) is 0 Å². The third kappa shape index (κ3) is 31.9. The van der Waals surface area contributed by atoms with Crippen LogP contribution in [0.3, 0.4) is 0 Å². The summed E-state index contributed by atoms with van der Waals surface area (Å²) >= 11 is 0. The lowest BCUT2D eigenvalue weighted by molar-refractivity contribution is -0.332. The number of hydrogen-bond donors (Lipinski definition) is 7. The Kier molecular flexibility index (Phi) is 40.8. The number of allylic oxidation sites excluding steroid dienone is 12. The molecule has 11 unspecified atom stereocenters. The van der Waals surface area contributed by atoms with Gasteiger partial charge >= 0.3 is 11.9 Å². The maximum atomic E-state index is 13.1. The summed E-state index contributed by atoms with van der Waals surface area (Å²) in [4.78, 5) is 25.9. The molecular weight excluding hydrogens is 949 g/mol. The van der Waals surface area contributed by atoms with E-state index in [2.05, 4.69) is 86.8 Å². The molecule has 0 amide bonds. The molecule has 2 rings (SSSR count). The van der Waals surface area contributed by atoms with Crippen LogP contribution in [0.2, 0.25) is 0 Å². The molecule has 74 heavy (non-hydrogen) atoms. The summed E-state index contributed by atoms with van der Waals surface area (Å²) in [5, 5.41) is 72.3. The highest BCUT2D eigenvalue weighted by molar-refractivity contribution is 5.70. The van der Waals surface area contributed by atoms with Gasteiger partial charge in [0, 0.05) is 12.8 Å². The van der Waals surface area contributed by atoms with Gasteiger partial charge in [-0.05, 0) is 83.5 Å². The molecule has 2 heterocycles. The molecule has 7 N–H and O–H groups in total. The molecule has 2 fully saturated rings. The lowest BCUT2D eigenvalue weighted by Gasteiger charge is -2.42. The third-order valence-electron chi connectivity index (χ3n) is 13.2. The van der Waals surface area contributed by atoms with Gasteiger partial charge in [-0.3, -0.25) is 9.59 Å². The average molecular weight is 1050 g/mol. The highest BCUT2D eigenvalue weighted by Gasteiger charge is 2.47. The lowest BCUT2D eigenvalue weighted by Crippen LogP contribution is -2.61. The summed E-state index contributed by atoms with van der Waals surface area (Å²) in [5.74, 6) is -0.948. The van der Waals surface area contributed by atoms with E-state index in [-0.39, 0.29) is 19.4 Å². The van der Waals surface area contributed by atoms with Crippen LogP contribution in [0.5, 0.6) is 0 Å². The average Bonchev–Trinajstić information content (AvgIpc) is 3.39. The number of aliphatic hydroxyl groups is 7. The number of rotatable bonds is 44. The summed E-state index contributed by atoms with van der Waals surface area (Å²) in [7, 11) is 0. The van der Waals surface area contributed by atoms with Gasteiger partial charge in [0.1, 0.15) is 55.4 Å². The van der Waals surface area contributed by atoms with Crippen LogP contribution in [0.25, 0.3) is 0 Å². The summed E-state index contributed by atoms with van der Waals surface area (Å²) in [6, 6.07) is 0. The van der Waals surface area contributed by atoms with Crippen molar-refractivity contribution in [3.63, 3.8) is 0 Å². The van der Waals surface area contributed by atoms with Crippen LogP contribution >= 0.6 is 0 Å². The van der Waals surface area contributed by atoms with Crippen molar-refractivity contribution < 1.29 is 73.8 Å². The van der Waals surface area contributed by atoms with Crippen molar-refractivity contribution in [2.24, 2.45) is 0 Å². The Bertz CT molecular complexity index is 1560. The zero-order chi connectivity index (χ0) is 53.9. The van der Waals surface area contributed by atoms with Crippen molar-refractivity contribution in [3.05, 3.63) is 72.9 Å². The fourth-order valence-electron chi connectivity index (χ4n) is 8.53. The highest BCUT2D eigenvalue weighted by Crippen LogP contribution is 2.26. The monoisotopic (exact) mass is 1050 g/mol. The Morgan fingerprint density at radius 3 is 1.34 bits per heavy atom. The SMILES string of the molecule is CC/C=C\C/C=C\C/C=C\C/C=C\CCCCCCCCCCCCC(=O)OC(COC(=O)CCCCCCC/C=C\C/C=C\CCCCC)COC1OC(COC2OC(CO)C(O)C(O)C2O)C(O)C(O)C1O. The second-order valence-electron chi connectivity index (χ2n) is 19.7. The molecule has 0 radical (unpaired) electrons. The molecule has 2 aliphatic heterocycles. The molecule has 15 heteroatoms. The first-order valence-corrected chi connectivity index (χ1v) is 28.5. The van der Waals surface area contributed by atoms with Crippen LogP contribution in [0, 0.1) is 0 Å². The Hall–Kier alpha value is -3.06. The molecule has 0 aliphatic carbocycles. The van der Waals surface area contributed by atoms with Crippen LogP contribution < -0.4 is 0 Å². The molecule has 0 bridgehead atoms. The van der Waals surface area contributed by atoms with Crippen molar-refractivity contribution >= 4 is 11.9 Å². The van der Waals surface area contributed by atoms with Crippen molar-refractivity contribution in [3.8, 4) is 0 Å². The molecule has 15 nitrogen and oxygen atoms in total. The number of hydrogen-bond acceptors (Lipinski definition) is 15. The fourth-order valence-corrected chi connectivity index (χ4v) is 8.53. The number of esters is 2. The third-order valence-corrected chi connectivity index (χ3v) is 13.2. The van der Waals surface area contributed by atoms with Crippen LogP contribution in [0.15, 0.2) is 72.9 Å². The first-order chi connectivity index (χ1) is 36.0. The Morgan fingerprint density at radius 2 is 0.851 bits per heavy atom. The van der Waals surface area contributed by atoms with Gasteiger partial charge in [0.05, 0.1) is 19.8 Å². The molecule has 11 atom stereocenters. The van der Waals surface area contributed by atoms with Crippen LogP contribution in [-0.2, 0) is 38.0 Å². The van der Waals surface area contributed by atoms with Crippen LogP contribution in [0.4, 0.5) is 0 Å². The normalized spacial score (nSPS) is 25.2. The van der Waals surface area contributed by atoms with E-state index in [0.717, 1.165) is 103 Å². The smallest absolute Gasteiger partial charge is 0.306 e. The zero-order valence-electron chi connectivity index (χ0n) is 45.3. The second-order valence-corrected chi connectivity index (χ2v) is 19.7. The van der Waals surface area contributed by atoms with Crippen molar-refractivity contribution in [2.45, 2.75) is 261 Å². The summed E-state index contributed by atoms with van der Waals surface area (Å²) in [6.07, 6.45) is 37.7. The largest absolute Gasteiger partial charge is 0.462 e. The maximum absolute atomic E-state index is 13.1. The standard InChI is InChI=1S/C59H100O15/c1-3-5-7-9-11-13-15-17-19-20-21-22-23-24-25-26-28-30-32-34-36-38-40-42-51(62)72-47(44-69-50(61)41-39-37-35-33-31-29-27-18-16-14-12-10-8-6-4-2)45-70-58-57(68)55(66)53(64)49(74-58)46-71-59-56(67)54(65)52(63)48(43-60)73-59/h5,7,11-14,17-19,21-22,27,47-49,52-60,63-68H,3-4,6,8-10,15-16,20,23-26,28-46H2,1-2H3/b7-5-,13-11-,14-12-,19-17-,22-21-,27-18-. The minimum absolute atomic E-state index is 0.153. The Balaban J connectivity index is 1.76. The number of unbranched alkanes of at least 4 members (excludes halogenated alkanes) is 18. The van der Waals surface area contributed by atoms with Gasteiger partial charge in [-0.2, -0.15) is 0 Å². The van der Waals surface area contributed by atoms with Gasteiger partial charge in [-0.25, -0.2) is 0 Å². The number of carbonyl (C=O) groups excluding carboxylic acids is 2. The molecule has 426 valence electrons. The highest BCUT2D eigenvalue weighted by atomic mass is 16.7. The van der Waals surface area contributed by atoms with E-state index in [1.54, 1.807) is 0 Å². The number of aliphatic hydroxyl groups excluding tert-OH is 7. The predicted molar refractivity (Wildman–Crippen MR) is 289 cm³/mol. The fraction of sp³-hybridized carbons (Fsp3) is 0.763. The maximum Gasteiger partial charge on any atom is 0.306 e. The first-order valence-electron chi connectivity index (χ1n) is 28.5. The van der Waals surface area contributed by atoms with E-state index in [1.807, 2.05) is 0 Å². The molecule has 2 saturated heterocycles. The molecule has 0 saturated carbocycles. The van der Waals surface area contributed by atoms with Crippen molar-refractivity contribution in [1.29, 1.82) is 0 Å². The first kappa shape index (κ1) is 67.1. The number of carbonyl (C=O) groups is 2. The minimum Gasteiger partial charge on any atom is -0.462 e. The molecule has 0 aromatic carbocycles. The van der Waals surface area contributed by atoms with Crippen molar-refractivity contribution in [2.75, 3.05) is 26.4 Å². The Morgan fingerprint density at radius 1 is 0.446 bits per heavy atom.